The maximum atomic E-state index is 5.58. The van der Waals surface area contributed by atoms with Crippen LogP contribution in [0.5, 0.6) is 0 Å². The third kappa shape index (κ3) is 1.51. The van der Waals surface area contributed by atoms with Crippen molar-refractivity contribution in [3.05, 3.63) is 33.0 Å². The Balaban J connectivity index is 2.82. The number of aromatic nitrogens is 2. The molecule has 2 aromatic rings. The highest BCUT2D eigenvalue weighted by Crippen LogP contribution is 2.25. The lowest BCUT2D eigenvalue weighted by Gasteiger charge is -1.99. The van der Waals surface area contributed by atoms with E-state index in [2.05, 4.69) is 37.0 Å². The molecular weight excluding hydrogens is 298 g/mol. The third-order valence-corrected chi connectivity index (χ3v) is 2.87. The number of halogens is 2. The molecule has 0 aliphatic carbocycles. The summed E-state index contributed by atoms with van der Waals surface area (Å²) in [6.07, 6.45) is 3.69. The van der Waals surface area contributed by atoms with Gasteiger partial charge in [-0.05, 0) is 37.9 Å². The first-order valence-corrected chi connectivity index (χ1v) is 5.32. The molecule has 0 saturated heterocycles. The molecule has 0 saturated carbocycles. The fourth-order valence-corrected chi connectivity index (χ4v) is 2.66. The van der Waals surface area contributed by atoms with Crippen molar-refractivity contribution < 1.29 is 0 Å². The zero-order valence-electron chi connectivity index (χ0n) is 6.67. The van der Waals surface area contributed by atoms with E-state index in [4.69, 9.17) is 5.73 Å². The molecule has 0 bridgehead atoms. The van der Waals surface area contributed by atoms with Crippen molar-refractivity contribution in [2.24, 2.45) is 5.73 Å². The van der Waals surface area contributed by atoms with Crippen LogP contribution in [-0.2, 0) is 6.54 Å². The van der Waals surface area contributed by atoms with Gasteiger partial charge in [-0.2, -0.15) is 5.10 Å². The molecule has 68 valence electrons. The van der Waals surface area contributed by atoms with Crippen molar-refractivity contribution in [1.82, 2.24) is 9.61 Å². The van der Waals surface area contributed by atoms with Gasteiger partial charge >= 0.3 is 0 Å². The number of nitrogens with zero attached hydrogens (tertiary/aromatic N) is 2. The molecule has 0 aliphatic heterocycles. The van der Waals surface area contributed by atoms with Crippen LogP contribution in [0.4, 0.5) is 0 Å². The number of nitrogens with two attached hydrogens (primary N) is 1. The van der Waals surface area contributed by atoms with Crippen LogP contribution in [-0.4, -0.2) is 9.61 Å². The van der Waals surface area contributed by atoms with E-state index in [1.54, 1.807) is 10.7 Å². The van der Waals surface area contributed by atoms with Crippen molar-refractivity contribution in [3.63, 3.8) is 0 Å². The van der Waals surface area contributed by atoms with Gasteiger partial charge in [-0.3, -0.25) is 0 Å². The Hall–Kier alpha value is -0.390. The molecule has 2 heterocycles. The van der Waals surface area contributed by atoms with Crippen LogP contribution < -0.4 is 5.73 Å². The van der Waals surface area contributed by atoms with Crippen LogP contribution in [0.15, 0.2) is 27.4 Å². The number of hydrogen-bond donors (Lipinski definition) is 1. The standard InChI is InChI=1S/C8H7Br2N3/c9-6-1-7(10)8-5(2-11)3-12-13(8)4-6/h1,3-4H,2,11H2. The van der Waals surface area contributed by atoms with Gasteiger partial charge in [-0.15, -0.1) is 0 Å². The molecule has 0 amide bonds. The van der Waals surface area contributed by atoms with Gasteiger partial charge in [0, 0.05) is 27.3 Å². The molecular formula is C8H7Br2N3. The quantitative estimate of drug-likeness (QED) is 0.878. The second-order valence-electron chi connectivity index (χ2n) is 2.67. The van der Waals surface area contributed by atoms with Crippen molar-refractivity contribution in [3.8, 4) is 0 Å². The van der Waals surface area contributed by atoms with Crippen molar-refractivity contribution >= 4 is 37.4 Å². The van der Waals surface area contributed by atoms with Crippen LogP contribution in [0.25, 0.3) is 5.52 Å². The summed E-state index contributed by atoms with van der Waals surface area (Å²) in [5.74, 6) is 0. The normalized spacial score (nSPS) is 11.0. The zero-order valence-corrected chi connectivity index (χ0v) is 9.84. The topological polar surface area (TPSA) is 43.3 Å². The summed E-state index contributed by atoms with van der Waals surface area (Å²) in [4.78, 5) is 0. The van der Waals surface area contributed by atoms with Gasteiger partial charge in [0.1, 0.15) is 0 Å². The molecule has 2 rings (SSSR count). The molecule has 3 nitrogen and oxygen atoms in total. The first-order chi connectivity index (χ1) is 6.22. The van der Waals surface area contributed by atoms with Gasteiger partial charge in [0.15, 0.2) is 0 Å². The molecule has 0 unspecified atom stereocenters. The van der Waals surface area contributed by atoms with E-state index in [-0.39, 0.29) is 0 Å². The molecule has 0 fully saturated rings. The molecule has 2 aromatic heterocycles. The number of fused-ring (bicyclic) bond motifs is 1. The summed E-state index contributed by atoms with van der Waals surface area (Å²) in [6, 6.07) is 1.98. The van der Waals surface area contributed by atoms with E-state index in [0.717, 1.165) is 20.0 Å². The van der Waals surface area contributed by atoms with E-state index in [0.29, 0.717) is 6.54 Å². The van der Waals surface area contributed by atoms with E-state index in [9.17, 15) is 0 Å². The first-order valence-electron chi connectivity index (χ1n) is 3.73. The minimum absolute atomic E-state index is 0.504. The predicted octanol–water partition coefficient (Wildman–Crippen LogP) is 2.32. The second kappa shape index (κ2) is 3.40. The Morgan fingerprint density at radius 3 is 2.92 bits per heavy atom. The lowest BCUT2D eigenvalue weighted by molar-refractivity contribution is 0.953. The molecule has 0 aliphatic rings. The van der Waals surface area contributed by atoms with Crippen molar-refractivity contribution in [2.45, 2.75) is 6.54 Å². The summed E-state index contributed by atoms with van der Waals surface area (Å²) < 4.78 is 3.79. The van der Waals surface area contributed by atoms with Gasteiger partial charge in [0.25, 0.3) is 0 Å². The average molecular weight is 305 g/mol. The molecule has 0 atom stereocenters. The SMILES string of the molecule is NCc1cnn2cc(Br)cc(Br)c12. The van der Waals surface area contributed by atoms with E-state index in [1.807, 2.05) is 12.3 Å². The summed E-state index contributed by atoms with van der Waals surface area (Å²) in [5.41, 5.74) is 7.66. The minimum Gasteiger partial charge on any atom is -0.326 e. The number of pyridine rings is 1. The lowest BCUT2D eigenvalue weighted by atomic mass is 10.3. The van der Waals surface area contributed by atoms with E-state index >= 15 is 0 Å². The summed E-state index contributed by atoms with van der Waals surface area (Å²) >= 11 is 6.86. The highest BCUT2D eigenvalue weighted by molar-refractivity contribution is 9.11. The van der Waals surface area contributed by atoms with Gasteiger partial charge in [-0.25, -0.2) is 4.52 Å². The molecule has 0 aromatic carbocycles. The monoisotopic (exact) mass is 303 g/mol. The molecule has 2 N–H and O–H groups in total. The van der Waals surface area contributed by atoms with Crippen molar-refractivity contribution in [2.75, 3.05) is 0 Å². The first kappa shape index (κ1) is 9.18. The van der Waals surface area contributed by atoms with E-state index in [1.165, 1.54) is 0 Å². The maximum Gasteiger partial charge on any atom is 0.0849 e. The van der Waals surface area contributed by atoms with Crippen LogP contribution in [0, 0.1) is 0 Å². The van der Waals surface area contributed by atoms with Crippen LogP contribution in [0.1, 0.15) is 5.56 Å². The lowest BCUT2D eigenvalue weighted by Crippen LogP contribution is -1.96. The van der Waals surface area contributed by atoms with Gasteiger partial charge < -0.3 is 5.73 Å². The fraction of sp³-hybridized carbons (Fsp3) is 0.125. The minimum atomic E-state index is 0.504. The Morgan fingerprint density at radius 1 is 1.46 bits per heavy atom. The molecule has 13 heavy (non-hydrogen) atoms. The summed E-state index contributed by atoms with van der Waals surface area (Å²) in [5, 5.41) is 4.19. The smallest absolute Gasteiger partial charge is 0.0849 e. The summed E-state index contributed by atoms with van der Waals surface area (Å²) in [6.45, 7) is 0.504. The van der Waals surface area contributed by atoms with Gasteiger partial charge in [-0.1, -0.05) is 0 Å². The Labute approximate surface area is 92.2 Å². The summed E-state index contributed by atoms with van der Waals surface area (Å²) in [7, 11) is 0. The highest BCUT2D eigenvalue weighted by Gasteiger charge is 2.06. The van der Waals surface area contributed by atoms with Gasteiger partial charge in [0.05, 0.1) is 11.7 Å². The molecule has 0 radical (unpaired) electrons. The number of rotatable bonds is 1. The van der Waals surface area contributed by atoms with Crippen LogP contribution in [0.3, 0.4) is 0 Å². The molecule has 5 heteroatoms. The maximum absolute atomic E-state index is 5.58. The average Bonchev–Trinajstić information content (AvgIpc) is 2.47. The zero-order chi connectivity index (χ0) is 9.42. The second-order valence-corrected chi connectivity index (χ2v) is 4.44. The Kier molecular flexibility index (Phi) is 2.40. The highest BCUT2D eigenvalue weighted by atomic mass is 79.9. The van der Waals surface area contributed by atoms with Crippen LogP contribution in [0.2, 0.25) is 0 Å². The van der Waals surface area contributed by atoms with Gasteiger partial charge in [0.2, 0.25) is 0 Å². The van der Waals surface area contributed by atoms with Crippen LogP contribution >= 0.6 is 31.9 Å². The molecule has 0 spiro atoms. The van der Waals surface area contributed by atoms with Crippen molar-refractivity contribution in [1.29, 1.82) is 0 Å². The fourth-order valence-electron chi connectivity index (χ4n) is 1.25. The van der Waals surface area contributed by atoms with E-state index < -0.39 is 0 Å². The number of hydrogen-bond acceptors (Lipinski definition) is 2. The third-order valence-electron chi connectivity index (χ3n) is 1.83. The largest absolute Gasteiger partial charge is 0.326 e. The predicted molar refractivity (Wildman–Crippen MR) is 58.5 cm³/mol. The Bertz CT molecular complexity index is 450. The Morgan fingerprint density at radius 2 is 2.23 bits per heavy atom.